The largest absolute Gasteiger partial charge is 0.271 e. The molecule has 0 spiro atoms. The van der Waals surface area contributed by atoms with Crippen molar-refractivity contribution in [2.45, 2.75) is 25.3 Å². The van der Waals surface area contributed by atoms with Crippen molar-refractivity contribution in [1.82, 2.24) is 5.43 Å². The normalized spacial score (nSPS) is 12.8. The summed E-state index contributed by atoms with van der Waals surface area (Å²) < 4.78 is 0. The van der Waals surface area contributed by atoms with Crippen LogP contribution >= 0.6 is 34.8 Å². The van der Waals surface area contributed by atoms with Crippen LogP contribution in [0.1, 0.15) is 18.4 Å². The van der Waals surface area contributed by atoms with Crippen molar-refractivity contribution in [2.24, 2.45) is 5.84 Å². The lowest BCUT2D eigenvalue weighted by Gasteiger charge is -2.16. The maximum atomic E-state index is 6.08. The smallest absolute Gasteiger partial charge is 0.0439 e. The minimum atomic E-state index is 0.176. The summed E-state index contributed by atoms with van der Waals surface area (Å²) in [5.41, 5.74) is 3.78. The Labute approximate surface area is 111 Å². The van der Waals surface area contributed by atoms with Gasteiger partial charge in [0.15, 0.2) is 0 Å². The summed E-state index contributed by atoms with van der Waals surface area (Å²) in [6.45, 7) is 0. The zero-order valence-electron chi connectivity index (χ0n) is 8.85. The molecule has 0 radical (unpaired) electrons. The quantitative estimate of drug-likeness (QED) is 0.476. The second-order valence-corrected chi connectivity index (χ2v) is 4.86. The molecule has 0 bridgehead atoms. The lowest BCUT2D eigenvalue weighted by molar-refractivity contribution is 0.487. The molecule has 2 nitrogen and oxygen atoms in total. The van der Waals surface area contributed by atoms with Crippen LogP contribution in [-0.2, 0) is 6.42 Å². The van der Waals surface area contributed by atoms with Gasteiger partial charge in [-0.3, -0.25) is 11.3 Å². The van der Waals surface area contributed by atoms with Crippen molar-refractivity contribution in [3.05, 3.63) is 33.8 Å². The molecule has 5 heteroatoms. The molecule has 0 heterocycles. The molecule has 1 rings (SSSR count). The zero-order chi connectivity index (χ0) is 12.0. The molecule has 1 aromatic rings. The number of hydrogen-bond acceptors (Lipinski definition) is 2. The first-order valence-corrected chi connectivity index (χ1v) is 6.42. The van der Waals surface area contributed by atoms with Gasteiger partial charge in [-0.2, -0.15) is 0 Å². The number of benzene rings is 1. The molecule has 1 unspecified atom stereocenters. The molecule has 0 fully saturated rings. The molecule has 0 aliphatic carbocycles. The zero-order valence-corrected chi connectivity index (χ0v) is 11.1. The highest BCUT2D eigenvalue weighted by Crippen LogP contribution is 2.22. The Balaban J connectivity index is 2.65. The van der Waals surface area contributed by atoms with Crippen LogP contribution in [0.15, 0.2) is 18.2 Å². The minimum absolute atomic E-state index is 0.176. The first kappa shape index (κ1) is 14.1. The molecule has 16 heavy (non-hydrogen) atoms. The molecular formula is C11H15Cl3N2. The Morgan fingerprint density at radius 2 is 2.06 bits per heavy atom. The molecule has 0 aliphatic rings. The summed E-state index contributed by atoms with van der Waals surface area (Å²) in [5, 5.41) is 1.41. The van der Waals surface area contributed by atoms with E-state index in [1.165, 1.54) is 0 Å². The maximum Gasteiger partial charge on any atom is 0.0439 e. The van der Waals surface area contributed by atoms with Gasteiger partial charge in [0.2, 0.25) is 0 Å². The average Bonchev–Trinajstić information content (AvgIpc) is 2.28. The molecule has 0 amide bonds. The van der Waals surface area contributed by atoms with Crippen molar-refractivity contribution in [3.63, 3.8) is 0 Å². The lowest BCUT2D eigenvalue weighted by atomic mass is 10.0. The van der Waals surface area contributed by atoms with Crippen LogP contribution in [0.25, 0.3) is 0 Å². The van der Waals surface area contributed by atoms with Gasteiger partial charge in [-0.05, 0) is 43.0 Å². The predicted octanol–water partition coefficient (Wildman–Crippen LogP) is 3.39. The highest BCUT2D eigenvalue weighted by molar-refractivity contribution is 6.33. The van der Waals surface area contributed by atoms with Crippen LogP contribution in [0.3, 0.4) is 0 Å². The molecule has 90 valence electrons. The third-order valence-electron chi connectivity index (χ3n) is 2.40. The van der Waals surface area contributed by atoms with E-state index in [9.17, 15) is 0 Å². The van der Waals surface area contributed by atoms with Crippen molar-refractivity contribution in [3.8, 4) is 0 Å². The molecule has 0 aromatic heterocycles. The molecule has 1 atom stereocenters. The van der Waals surface area contributed by atoms with E-state index in [1.54, 1.807) is 12.1 Å². The summed E-state index contributed by atoms with van der Waals surface area (Å²) in [5.74, 6) is 6.12. The van der Waals surface area contributed by atoms with E-state index in [4.69, 9.17) is 40.6 Å². The van der Waals surface area contributed by atoms with Gasteiger partial charge in [-0.1, -0.05) is 23.2 Å². The number of nitrogens with one attached hydrogen (secondary N) is 1. The van der Waals surface area contributed by atoms with Crippen LogP contribution in [0.2, 0.25) is 10.0 Å². The van der Waals surface area contributed by atoms with Gasteiger partial charge in [0.1, 0.15) is 0 Å². The van der Waals surface area contributed by atoms with E-state index >= 15 is 0 Å². The summed E-state index contributed by atoms with van der Waals surface area (Å²) in [4.78, 5) is 0. The van der Waals surface area contributed by atoms with E-state index in [0.717, 1.165) is 29.8 Å². The average molecular weight is 282 g/mol. The summed E-state index contributed by atoms with van der Waals surface area (Å²) in [6.07, 6.45) is 2.60. The third-order valence-corrected chi connectivity index (χ3v) is 3.27. The number of rotatable bonds is 6. The number of hydrazine groups is 1. The maximum absolute atomic E-state index is 6.08. The first-order valence-electron chi connectivity index (χ1n) is 5.13. The Kier molecular flexibility index (Phi) is 6.47. The lowest BCUT2D eigenvalue weighted by Crippen LogP contribution is -2.36. The Morgan fingerprint density at radius 1 is 1.31 bits per heavy atom. The minimum Gasteiger partial charge on any atom is -0.271 e. The van der Waals surface area contributed by atoms with Gasteiger partial charge in [-0.15, -0.1) is 11.6 Å². The topological polar surface area (TPSA) is 38.0 Å². The van der Waals surface area contributed by atoms with Crippen LogP contribution < -0.4 is 11.3 Å². The van der Waals surface area contributed by atoms with Gasteiger partial charge in [-0.25, -0.2) is 0 Å². The van der Waals surface area contributed by atoms with E-state index in [0.29, 0.717) is 10.9 Å². The fraction of sp³-hybridized carbons (Fsp3) is 0.455. The molecular weight excluding hydrogens is 266 g/mol. The van der Waals surface area contributed by atoms with Crippen LogP contribution in [0, 0.1) is 0 Å². The molecule has 1 aromatic carbocycles. The number of alkyl halides is 1. The summed E-state index contributed by atoms with van der Waals surface area (Å²) in [6, 6.07) is 5.62. The van der Waals surface area contributed by atoms with Gasteiger partial charge in [0.05, 0.1) is 0 Å². The first-order chi connectivity index (χ1) is 7.67. The predicted molar refractivity (Wildman–Crippen MR) is 71.2 cm³/mol. The molecule has 3 N–H and O–H groups in total. The van der Waals surface area contributed by atoms with Gasteiger partial charge >= 0.3 is 0 Å². The number of nitrogens with two attached hydrogens (primary N) is 1. The fourth-order valence-corrected chi connectivity index (χ4v) is 2.08. The van der Waals surface area contributed by atoms with E-state index < -0.39 is 0 Å². The number of halogens is 3. The Bertz CT molecular complexity index is 331. The standard InChI is InChI=1S/C11H15Cl3N2/c12-5-1-2-10(16-15)7-8-6-9(13)3-4-11(8)14/h3-4,6,10,16H,1-2,5,7,15H2. The Morgan fingerprint density at radius 3 is 2.69 bits per heavy atom. The van der Waals surface area contributed by atoms with E-state index in [-0.39, 0.29) is 6.04 Å². The van der Waals surface area contributed by atoms with Crippen LogP contribution in [-0.4, -0.2) is 11.9 Å². The van der Waals surface area contributed by atoms with Crippen molar-refractivity contribution >= 4 is 34.8 Å². The second-order valence-electron chi connectivity index (χ2n) is 3.63. The molecule has 0 saturated carbocycles. The fourth-order valence-electron chi connectivity index (χ4n) is 1.53. The summed E-state index contributed by atoms with van der Waals surface area (Å²) >= 11 is 17.6. The van der Waals surface area contributed by atoms with E-state index in [1.807, 2.05) is 6.07 Å². The van der Waals surface area contributed by atoms with Gasteiger partial charge in [0, 0.05) is 22.0 Å². The molecule has 0 saturated heterocycles. The summed E-state index contributed by atoms with van der Waals surface area (Å²) in [7, 11) is 0. The SMILES string of the molecule is NNC(CCCCl)Cc1cc(Cl)ccc1Cl. The van der Waals surface area contributed by atoms with Crippen LogP contribution in [0.4, 0.5) is 0 Å². The molecule has 0 aliphatic heterocycles. The second kappa shape index (κ2) is 7.36. The van der Waals surface area contributed by atoms with Gasteiger partial charge in [0.25, 0.3) is 0 Å². The van der Waals surface area contributed by atoms with Crippen molar-refractivity contribution < 1.29 is 0 Å². The Hall–Kier alpha value is 0.01000. The van der Waals surface area contributed by atoms with Crippen LogP contribution in [0.5, 0.6) is 0 Å². The highest BCUT2D eigenvalue weighted by atomic mass is 35.5. The van der Waals surface area contributed by atoms with Gasteiger partial charge < -0.3 is 0 Å². The van der Waals surface area contributed by atoms with E-state index in [2.05, 4.69) is 5.43 Å². The van der Waals surface area contributed by atoms with Crippen molar-refractivity contribution in [1.29, 1.82) is 0 Å². The monoisotopic (exact) mass is 280 g/mol. The highest BCUT2D eigenvalue weighted by Gasteiger charge is 2.10. The van der Waals surface area contributed by atoms with Crippen molar-refractivity contribution in [2.75, 3.05) is 5.88 Å². The third kappa shape index (κ3) is 4.48. The number of hydrogen-bond donors (Lipinski definition) is 2.